The quantitative estimate of drug-likeness (QED) is 0.316. The van der Waals surface area contributed by atoms with Crippen LogP contribution < -0.4 is 16.0 Å². The molecule has 3 atom stereocenters. The molecule has 0 saturated heterocycles. The number of para-hydroxylation sites is 1. The highest BCUT2D eigenvalue weighted by Crippen LogP contribution is 2.44. The molecule has 1 amide bonds. The topological polar surface area (TPSA) is 65.5 Å². The van der Waals surface area contributed by atoms with Gasteiger partial charge in [0.2, 0.25) is 5.91 Å². The van der Waals surface area contributed by atoms with Crippen LogP contribution in [0.4, 0.5) is 10.1 Å². The normalized spacial score (nSPS) is 22.8. The third kappa shape index (κ3) is 4.83. The van der Waals surface area contributed by atoms with Crippen molar-refractivity contribution in [1.29, 1.82) is 0 Å². The number of hydrogen-bond donors (Lipinski definition) is 3. The van der Waals surface area contributed by atoms with E-state index in [4.69, 9.17) is 11.6 Å². The minimum Gasteiger partial charge on any atom is -0.356 e. The van der Waals surface area contributed by atoms with Gasteiger partial charge in [0.25, 0.3) is 0 Å². The van der Waals surface area contributed by atoms with E-state index in [-0.39, 0.29) is 53.6 Å². The maximum Gasteiger partial charge on any atom is 0.225 e. The molecule has 29 heavy (non-hydrogen) atoms. The maximum atomic E-state index is 14.1. The Morgan fingerprint density at radius 2 is 2.07 bits per heavy atom. The SMILES string of the molecule is CN=C(NCC1CC(=O)Nc2ccccc21)NC1CC1c1c(F)cccc1Cl.I. The molecule has 2 aromatic rings. The Kier molecular flexibility index (Phi) is 7.00. The van der Waals surface area contributed by atoms with Crippen molar-refractivity contribution in [2.24, 2.45) is 4.99 Å². The Labute approximate surface area is 191 Å². The van der Waals surface area contributed by atoms with Gasteiger partial charge >= 0.3 is 0 Å². The number of benzene rings is 2. The second kappa shape index (κ2) is 9.30. The summed E-state index contributed by atoms with van der Waals surface area (Å²) in [6.45, 7) is 0.585. The molecule has 5 nitrogen and oxygen atoms in total. The number of carbonyl (C=O) groups excluding carboxylic acids is 1. The summed E-state index contributed by atoms with van der Waals surface area (Å²) in [4.78, 5) is 16.2. The van der Waals surface area contributed by atoms with Gasteiger partial charge in [-0.15, -0.1) is 24.0 Å². The van der Waals surface area contributed by atoms with Crippen LogP contribution in [0.3, 0.4) is 0 Å². The van der Waals surface area contributed by atoms with Crippen molar-refractivity contribution in [2.45, 2.75) is 30.7 Å². The number of anilines is 1. The Morgan fingerprint density at radius 1 is 1.28 bits per heavy atom. The van der Waals surface area contributed by atoms with Crippen LogP contribution in [0.1, 0.15) is 35.8 Å². The molecule has 8 heteroatoms. The Balaban J connectivity index is 0.00000240. The molecule has 3 N–H and O–H groups in total. The second-order valence-corrected chi connectivity index (χ2v) is 7.63. The molecule has 0 radical (unpaired) electrons. The lowest BCUT2D eigenvalue weighted by atomic mass is 9.90. The summed E-state index contributed by atoms with van der Waals surface area (Å²) in [5.74, 6) is 0.496. The zero-order chi connectivity index (χ0) is 19.7. The third-order valence-corrected chi connectivity index (χ3v) is 5.66. The summed E-state index contributed by atoms with van der Waals surface area (Å²) in [6.07, 6.45) is 1.23. The fourth-order valence-corrected chi connectivity index (χ4v) is 4.12. The highest BCUT2D eigenvalue weighted by atomic mass is 127. The summed E-state index contributed by atoms with van der Waals surface area (Å²) in [6, 6.07) is 12.7. The first kappa shape index (κ1) is 21.8. The summed E-state index contributed by atoms with van der Waals surface area (Å²) in [7, 11) is 1.70. The number of rotatable bonds is 4. The lowest BCUT2D eigenvalue weighted by molar-refractivity contribution is -0.116. The van der Waals surface area contributed by atoms with Gasteiger partial charge in [-0.3, -0.25) is 9.79 Å². The number of carbonyl (C=O) groups is 1. The minimum absolute atomic E-state index is 0. The Hall–Kier alpha value is -1.87. The molecule has 1 saturated carbocycles. The monoisotopic (exact) mass is 528 g/mol. The lowest BCUT2D eigenvalue weighted by Gasteiger charge is -2.26. The molecule has 1 aliphatic carbocycles. The number of aliphatic imine (C=N–C) groups is 1. The molecule has 2 aromatic carbocycles. The van der Waals surface area contributed by atoms with Crippen LogP contribution in [0.15, 0.2) is 47.5 Å². The molecule has 3 unspecified atom stereocenters. The van der Waals surface area contributed by atoms with Gasteiger partial charge in [0.05, 0.1) is 0 Å². The van der Waals surface area contributed by atoms with E-state index in [1.165, 1.54) is 6.07 Å². The predicted molar refractivity (Wildman–Crippen MR) is 125 cm³/mol. The van der Waals surface area contributed by atoms with Gasteiger partial charge in [0.15, 0.2) is 5.96 Å². The van der Waals surface area contributed by atoms with Crippen molar-refractivity contribution in [3.8, 4) is 0 Å². The number of fused-ring (bicyclic) bond motifs is 1. The number of amides is 1. The van der Waals surface area contributed by atoms with Gasteiger partial charge in [-0.1, -0.05) is 35.9 Å². The molecule has 0 spiro atoms. The zero-order valence-corrected chi connectivity index (χ0v) is 19.0. The van der Waals surface area contributed by atoms with Crippen LogP contribution in [0, 0.1) is 5.82 Å². The smallest absolute Gasteiger partial charge is 0.225 e. The first-order chi connectivity index (χ1) is 13.6. The number of nitrogens with one attached hydrogen (secondary N) is 3. The number of guanidine groups is 1. The van der Waals surface area contributed by atoms with E-state index < -0.39 is 0 Å². The minimum atomic E-state index is -0.269. The second-order valence-electron chi connectivity index (χ2n) is 7.22. The average molecular weight is 529 g/mol. The molecule has 154 valence electrons. The first-order valence-electron chi connectivity index (χ1n) is 9.36. The fourth-order valence-electron chi connectivity index (χ4n) is 3.81. The molecular weight excluding hydrogens is 506 g/mol. The lowest BCUT2D eigenvalue weighted by Crippen LogP contribution is -2.42. The molecule has 4 rings (SSSR count). The number of nitrogens with zero attached hydrogens (tertiary/aromatic N) is 1. The number of hydrogen-bond acceptors (Lipinski definition) is 2. The van der Waals surface area contributed by atoms with Crippen LogP contribution in [0.5, 0.6) is 0 Å². The molecule has 2 aliphatic rings. The zero-order valence-electron chi connectivity index (χ0n) is 15.9. The molecule has 1 fully saturated rings. The first-order valence-corrected chi connectivity index (χ1v) is 9.74. The van der Waals surface area contributed by atoms with E-state index in [1.54, 1.807) is 19.2 Å². The molecule has 1 aliphatic heterocycles. The largest absolute Gasteiger partial charge is 0.356 e. The van der Waals surface area contributed by atoms with Crippen molar-refractivity contribution < 1.29 is 9.18 Å². The summed E-state index contributed by atoms with van der Waals surface area (Å²) < 4.78 is 14.1. The van der Waals surface area contributed by atoms with Crippen LogP contribution >= 0.6 is 35.6 Å². The Bertz CT molecular complexity index is 918. The van der Waals surface area contributed by atoms with Gasteiger partial charge in [-0.2, -0.15) is 0 Å². The van der Waals surface area contributed by atoms with Crippen LogP contribution in [0.25, 0.3) is 0 Å². The van der Waals surface area contributed by atoms with Gasteiger partial charge in [0.1, 0.15) is 5.82 Å². The van der Waals surface area contributed by atoms with Crippen LogP contribution in [0.2, 0.25) is 5.02 Å². The molecule has 1 heterocycles. The summed E-state index contributed by atoms with van der Waals surface area (Å²) in [5, 5.41) is 10.0. The summed E-state index contributed by atoms with van der Waals surface area (Å²) >= 11 is 6.17. The highest BCUT2D eigenvalue weighted by molar-refractivity contribution is 14.0. The van der Waals surface area contributed by atoms with E-state index in [1.807, 2.05) is 24.3 Å². The highest BCUT2D eigenvalue weighted by Gasteiger charge is 2.42. The van der Waals surface area contributed by atoms with E-state index >= 15 is 0 Å². The van der Waals surface area contributed by atoms with E-state index in [2.05, 4.69) is 20.9 Å². The van der Waals surface area contributed by atoms with Crippen molar-refractivity contribution >= 4 is 53.1 Å². The fraction of sp³-hybridized carbons (Fsp3) is 0.333. The van der Waals surface area contributed by atoms with Crippen LogP contribution in [-0.2, 0) is 4.79 Å². The van der Waals surface area contributed by atoms with Crippen molar-refractivity contribution in [3.05, 3.63) is 64.4 Å². The molecule has 0 bridgehead atoms. The van der Waals surface area contributed by atoms with Crippen molar-refractivity contribution in [3.63, 3.8) is 0 Å². The van der Waals surface area contributed by atoms with Gasteiger partial charge in [-0.05, 0) is 30.2 Å². The van der Waals surface area contributed by atoms with E-state index in [0.717, 1.165) is 17.7 Å². The van der Waals surface area contributed by atoms with E-state index in [9.17, 15) is 9.18 Å². The van der Waals surface area contributed by atoms with Gasteiger partial charge in [0, 0.05) is 54.2 Å². The summed E-state index contributed by atoms with van der Waals surface area (Å²) in [5.41, 5.74) is 2.55. The Morgan fingerprint density at radius 3 is 2.83 bits per heavy atom. The molecular formula is C21H23ClFIN4O. The van der Waals surface area contributed by atoms with Crippen molar-refractivity contribution in [1.82, 2.24) is 10.6 Å². The third-order valence-electron chi connectivity index (χ3n) is 5.33. The molecule has 0 aromatic heterocycles. The maximum absolute atomic E-state index is 14.1. The number of halogens is 3. The van der Waals surface area contributed by atoms with Gasteiger partial charge in [-0.25, -0.2) is 4.39 Å². The predicted octanol–water partition coefficient (Wildman–Crippen LogP) is 4.24. The standard InChI is InChI=1S/C21H22ClFN4O.HI/c1-24-21(27-18-10-14(18)20-15(22)6-4-7-16(20)23)25-11-12-9-19(28)26-17-8-3-2-5-13(12)17;/h2-8,12,14,18H,9-11H2,1H3,(H,26,28)(H2,24,25,27);1H. The van der Waals surface area contributed by atoms with Gasteiger partial charge < -0.3 is 16.0 Å². The van der Waals surface area contributed by atoms with Crippen LogP contribution in [-0.4, -0.2) is 31.5 Å². The van der Waals surface area contributed by atoms with E-state index in [0.29, 0.717) is 29.5 Å². The van der Waals surface area contributed by atoms with Crippen molar-refractivity contribution in [2.75, 3.05) is 18.9 Å². The average Bonchev–Trinajstić information content (AvgIpc) is 3.43.